The molecule has 0 saturated heterocycles. The molecule has 1 aromatic carbocycles. The average Bonchev–Trinajstić information content (AvgIpc) is 3.43. The highest BCUT2D eigenvalue weighted by Crippen LogP contribution is 2.37. The molecule has 0 spiro atoms. The SMILES string of the molecule is O=C(Cn1nc2c3c4c(sc3ncn2c1=O)CCCC4)Nc1ccc2c(c1)OCO2. The summed E-state index contributed by atoms with van der Waals surface area (Å²) in [5.41, 5.74) is 2.01. The molecule has 1 N–H and O–H groups in total. The summed E-state index contributed by atoms with van der Waals surface area (Å²) in [6, 6.07) is 5.15. The van der Waals surface area contributed by atoms with E-state index >= 15 is 0 Å². The Kier molecular flexibility index (Phi) is 3.82. The third-order valence-corrected chi connectivity index (χ3v) is 6.69. The van der Waals surface area contributed by atoms with Crippen molar-refractivity contribution in [2.75, 3.05) is 12.1 Å². The quantitative estimate of drug-likeness (QED) is 0.543. The van der Waals surface area contributed by atoms with Crippen molar-refractivity contribution in [1.82, 2.24) is 19.2 Å². The Labute approximate surface area is 173 Å². The molecule has 0 radical (unpaired) electrons. The molecular formula is C20H17N5O4S. The number of ether oxygens (including phenoxy) is 2. The van der Waals surface area contributed by atoms with Crippen molar-refractivity contribution in [2.45, 2.75) is 32.2 Å². The maximum absolute atomic E-state index is 12.8. The Hall–Kier alpha value is -3.40. The van der Waals surface area contributed by atoms with Gasteiger partial charge in [0.25, 0.3) is 0 Å². The van der Waals surface area contributed by atoms with Gasteiger partial charge < -0.3 is 14.8 Å². The number of nitrogens with one attached hydrogen (secondary N) is 1. The van der Waals surface area contributed by atoms with Gasteiger partial charge in [0.15, 0.2) is 17.1 Å². The van der Waals surface area contributed by atoms with Crippen LogP contribution in [0.15, 0.2) is 29.3 Å². The predicted octanol–water partition coefficient (Wildman–Crippen LogP) is 2.35. The normalized spacial score (nSPS) is 14.9. The molecule has 1 amide bonds. The number of aryl methyl sites for hydroxylation is 2. The van der Waals surface area contributed by atoms with Gasteiger partial charge in [-0.25, -0.2) is 18.9 Å². The smallest absolute Gasteiger partial charge is 0.352 e. The number of thiophene rings is 1. The maximum atomic E-state index is 12.8. The number of fused-ring (bicyclic) bond motifs is 6. The number of carbonyl (C=O) groups excluding carboxylic acids is 1. The molecule has 1 aliphatic heterocycles. The summed E-state index contributed by atoms with van der Waals surface area (Å²) in [5.74, 6) is 0.865. The summed E-state index contributed by atoms with van der Waals surface area (Å²) in [7, 11) is 0. The molecule has 9 nitrogen and oxygen atoms in total. The molecule has 0 atom stereocenters. The van der Waals surface area contributed by atoms with E-state index in [-0.39, 0.29) is 24.9 Å². The Morgan fingerprint density at radius 3 is 3.00 bits per heavy atom. The first-order valence-corrected chi connectivity index (χ1v) is 10.6. The van der Waals surface area contributed by atoms with Crippen molar-refractivity contribution in [3.8, 4) is 11.5 Å². The zero-order valence-electron chi connectivity index (χ0n) is 15.9. The fourth-order valence-electron chi connectivity index (χ4n) is 4.09. The number of carbonyl (C=O) groups is 1. The van der Waals surface area contributed by atoms with Crippen LogP contribution in [0.25, 0.3) is 15.9 Å². The van der Waals surface area contributed by atoms with Crippen LogP contribution in [0.2, 0.25) is 0 Å². The van der Waals surface area contributed by atoms with Gasteiger partial charge in [-0.1, -0.05) is 0 Å². The molecular weight excluding hydrogens is 406 g/mol. The lowest BCUT2D eigenvalue weighted by atomic mass is 9.97. The van der Waals surface area contributed by atoms with Gasteiger partial charge in [0.05, 0.1) is 5.39 Å². The minimum Gasteiger partial charge on any atom is -0.454 e. The summed E-state index contributed by atoms with van der Waals surface area (Å²) in [5, 5.41) is 8.21. The number of amides is 1. The van der Waals surface area contributed by atoms with E-state index in [0.29, 0.717) is 22.8 Å². The van der Waals surface area contributed by atoms with Crippen LogP contribution in [0, 0.1) is 0 Å². The first kappa shape index (κ1) is 17.5. The predicted molar refractivity (Wildman–Crippen MR) is 110 cm³/mol. The van der Waals surface area contributed by atoms with Crippen LogP contribution in [0.1, 0.15) is 23.3 Å². The van der Waals surface area contributed by atoms with Crippen LogP contribution in [0.3, 0.4) is 0 Å². The van der Waals surface area contributed by atoms with Gasteiger partial charge in [-0.15, -0.1) is 16.4 Å². The monoisotopic (exact) mass is 423 g/mol. The van der Waals surface area contributed by atoms with Gasteiger partial charge in [0, 0.05) is 16.6 Å². The van der Waals surface area contributed by atoms with E-state index in [0.717, 1.165) is 29.5 Å². The number of nitrogens with zero attached hydrogens (tertiary/aromatic N) is 4. The van der Waals surface area contributed by atoms with Gasteiger partial charge in [-0.3, -0.25) is 4.79 Å². The van der Waals surface area contributed by atoms with Gasteiger partial charge in [-0.2, -0.15) is 0 Å². The van der Waals surface area contributed by atoms with Crippen LogP contribution in [0.4, 0.5) is 5.69 Å². The number of anilines is 1. The third kappa shape index (κ3) is 2.67. The molecule has 0 bridgehead atoms. The topological polar surface area (TPSA) is 99.8 Å². The van der Waals surface area contributed by atoms with Gasteiger partial charge in [0.1, 0.15) is 17.7 Å². The second-order valence-corrected chi connectivity index (χ2v) is 8.47. The summed E-state index contributed by atoms with van der Waals surface area (Å²) >= 11 is 1.68. The second-order valence-electron chi connectivity index (χ2n) is 7.39. The van der Waals surface area contributed by atoms with E-state index in [1.54, 1.807) is 29.5 Å². The minimum absolute atomic E-state index is 0.165. The molecule has 152 valence electrons. The van der Waals surface area contributed by atoms with Crippen LogP contribution in [-0.4, -0.2) is 31.9 Å². The lowest BCUT2D eigenvalue weighted by molar-refractivity contribution is -0.117. The van der Waals surface area contributed by atoms with E-state index in [1.807, 2.05) is 0 Å². The van der Waals surface area contributed by atoms with Crippen LogP contribution >= 0.6 is 11.3 Å². The molecule has 6 rings (SSSR count). The number of aromatic nitrogens is 4. The summed E-state index contributed by atoms with van der Waals surface area (Å²) in [6.45, 7) is -0.0268. The molecule has 2 aliphatic rings. The highest BCUT2D eigenvalue weighted by atomic mass is 32.1. The van der Waals surface area contributed by atoms with E-state index in [1.165, 1.54) is 32.3 Å². The Morgan fingerprint density at radius 1 is 1.20 bits per heavy atom. The van der Waals surface area contributed by atoms with Gasteiger partial charge in [0.2, 0.25) is 12.7 Å². The molecule has 0 fully saturated rings. The summed E-state index contributed by atoms with van der Waals surface area (Å²) in [6.07, 6.45) is 5.83. The average molecular weight is 423 g/mol. The number of rotatable bonds is 3. The Morgan fingerprint density at radius 2 is 2.07 bits per heavy atom. The first-order valence-electron chi connectivity index (χ1n) is 9.75. The van der Waals surface area contributed by atoms with Crippen molar-refractivity contribution in [2.24, 2.45) is 0 Å². The maximum Gasteiger partial charge on any atom is 0.352 e. The van der Waals surface area contributed by atoms with Gasteiger partial charge in [-0.05, 0) is 43.4 Å². The molecule has 0 unspecified atom stereocenters. The number of benzene rings is 1. The van der Waals surface area contributed by atoms with E-state index < -0.39 is 0 Å². The van der Waals surface area contributed by atoms with Crippen LogP contribution in [0.5, 0.6) is 11.5 Å². The van der Waals surface area contributed by atoms with Crippen LogP contribution < -0.4 is 20.5 Å². The van der Waals surface area contributed by atoms with E-state index in [9.17, 15) is 9.59 Å². The largest absolute Gasteiger partial charge is 0.454 e. The van der Waals surface area contributed by atoms with Crippen molar-refractivity contribution < 1.29 is 14.3 Å². The molecule has 10 heteroatoms. The van der Waals surface area contributed by atoms with Crippen LogP contribution in [-0.2, 0) is 24.2 Å². The zero-order chi connectivity index (χ0) is 20.2. The molecule has 4 heterocycles. The van der Waals surface area contributed by atoms with Crippen molar-refractivity contribution in [1.29, 1.82) is 0 Å². The van der Waals surface area contributed by atoms with Crippen molar-refractivity contribution in [3.05, 3.63) is 45.5 Å². The lowest BCUT2D eigenvalue weighted by Gasteiger charge is -2.09. The first-order chi connectivity index (χ1) is 14.7. The minimum atomic E-state index is -0.379. The van der Waals surface area contributed by atoms with E-state index in [4.69, 9.17) is 9.47 Å². The van der Waals surface area contributed by atoms with Crippen molar-refractivity contribution >= 4 is 38.8 Å². The highest BCUT2D eigenvalue weighted by Gasteiger charge is 2.22. The molecule has 1 aliphatic carbocycles. The van der Waals surface area contributed by atoms with E-state index in [2.05, 4.69) is 15.4 Å². The third-order valence-electron chi connectivity index (χ3n) is 5.49. The van der Waals surface area contributed by atoms with Gasteiger partial charge >= 0.3 is 5.69 Å². The number of hydrogen-bond donors (Lipinski definition) is 1. The fourth-order valence-corrected chi connectivity index (χ4v) is 5.32. The molecule has 3 aromatic heterocycles. The highest BCUT2D eigenvalue weighted by molar-refractivity contribution is 7.19. The lowest BCUT2D eigenvalue weighted by Crippen LogP contribution is -2.28. The molecule has 30 heavy (non-hydrogen) atoms. The zero-order valence-corrected chi connectivity index (χ0v) is 16.7. The standard InChI is InChI=1S/C20H17N5O4S/c26-16(22-11-5-6-13-14(7-11)29-10-28-13)8-25-20(27)24-9-21-19-17(18(24)23-25)12-3-1-2-4-15(12)30-19/h5-7,9H,1-4,8,10H2,(H,22,26). The van der Waals surface area contributed by atoms with Crippen molar-refractivity contribution in [3.63, 3.8) is 0 Å². The Balaban J connectivity index is 1.33. The summed E-state index contributed by atoms with van der Waals surface area (Å²) < 4.78 is 13.2. The molecule has 4 aromatic rings. The second kappa shape index (κ2) is 6.56. The summed E-state index contributed by atoms with van der Waals surface area (Å²) in [4.78, 5) is 32.1. The Bertz CT molecular complexity index is 1390. The molecule has 0 saturated carbocycles. The fraction of sp³-hybridized carbons (Fsp3) is 0.300. The number of hydrogen-bond acceptors (Lipinski definition) is 7.